The van der Waals surface area contributed by atoms with E-state index in [1.165, 1.54) is 0 Å². The van der Waals surface area contributed by atoms with Crippen LogP contribution < -0.4 is 0 Å². The van der Waals surface area contributed by atoms with Gasteiger partial charge in [-0.2, -0.15) is 0 Å². The van der Waals surface area contributed by atoms with Crippen molar-refractivity contribution in [1.82, 2.24) is 0 Å². The summed E-state index contributed by atoms with van der Waals surface area (Å²) in [6.45, 7) is 15.6. The third kappa shape index (κ3) is 7.01. The van der Waals surface area contributed by atoms with E-state index in [1.54, 1.807) is 18.2 Å². The lowest BCUT2D eigenvalue weighted by molar-refractivity contribution is -0.0947. The van der Waals surface area contributed by atoms with Crippen LogP contribution in [-0.2, 0) is 14.2 Å². The van der Waals surface area contributed by atoms with Crippen molar-refractivity contribution in [1.29, 1.82) is 0 Å². The molecule has 1 N–H and O–H groups in total. The van der Waals surface area contributed by atoms with E-state index < -0.39 is 5.41 Å². The zero-order valence-electron chi connectivity index (χ0n) is 12.6. The van der Waals surface area contributed by atoms with Crippen molar-refractivity contribution < 1.29 is 19.3 Å². The Hall–Kier alpha value is -0.940. The van der Waals surface area contributed by atoms with Gasteiger partial charge in [-0.05, 0) is 5.92 Å². The predicted molar refractivity (Wildman–Crippen MR) is 81.7 cm³/mol. The Morgan fingerprint density at radius 3 is 1.50 bits per heavy atom. The van der Waals surface area contributed by atoms with Crippen LogP contribution in [0.1, 0.15) is 6.92 Å². The third-order valence-electron chi connectivity index (χ3n) is 3.19. The van der Waals surface area contributed by atoms with Gasteiger partial charge in [-0.25, -0.2) is 0 Å². The van der Waals surface area contributed by atoms with E-state index in [2.05, 4.69) is 19.7 Å². The molecule has 0 heterocycles. The zero-order valence-corrected chi connectivity index (χ0v) is 12.6. The Morgan fingerprint density at radius 2 is 1.25 bits per heavy atom. The largest absolute Gasteiger partial charge is 0.396 e. The van der Waals surface area contributed by atoms with Crippen LogP contribution in [0.25, 0.3) is 0 Å². The fourth-order valence-electron chi connectivity index (χ4n) is 1.78. The highest BCUT2D eigenvalue weighted by Crippen LogP contribution is 2.29. The van der Waals surface area contributed by atoms with Gasteiger partial charge in [0.15, 0.2) is 0 Å². The quantitative estimate of drug-likeness (QED) is 0.392. The van der Waals surface area contributed by atoms with E-state index in [0.717, 1.165) is 0 Å². The molecule has 0 aromatic carbocycles. The Kier molecular flexibility index (Phi) is 11.3. The molecule has 4 nitrogen and oxygen atoms in total. The van der Waals surface area contributed by atoms with Crippen LogP contribution in [0.3, 0.4) is 0 Å². The predicted octanol–water partition coefficient (Wildman–Crippen LogP) is 2.21. The van der Waals surface area contributed by atoms with Crippen molar-refractivity contribution in [3.8, 4) is 0 Å². The van der Waals surface area contributed by atoms with Gasteiger partial charge in [0.05, 0.1) is 39.6 Å². The van der Waals surface area contributed by atoms with Gasteiger partial charge in [0.25, 0.3) is 0 Å². The number of hydrogen-bond donors (Lipinski definition) is 1. The molecule has 0 saturated carbocycles. The van der Waals surface area contributed by atoms with Crippen molar-refractivity contribution in [2.45, 2.75) is 6.92 Å². The van der Waals surface area contributed by atoms with Gasteiger partial charge >= 0.3 is 0 Å². The lowest BCUT2D eigenvalue weighted by Gasteiger charge is -2.37. The lowest BCUT2D eigenvalue weighted by atomic mass is 9.78. The van der Waals surface area contributed by atoms with Gasteiger partial charge in [-0.1, -0.05) is 25.2 Å². The molecule has 0 spiro atoms. The molecule has 0 amide bonds. The Morgan fingerprint density at radius 1 is 0.900 bits per heavy atom. The smallest absolute Gasteiger partial charge is 0.0645 e. The van der Waals surface area contributed by atoms with Gasteiger partial charge in [0.1, 0.15) is 0 Å². The molecule has 116 valence electrons. The number of aliphatic hydroxyl groups excluding tert-OH is 1. The van der Waals surface area contributed by atoms with E-state index in [-0.39, 0.29) is 12.5 Å². The van der Waals surface area contributed by atoms with Crippen molar-refractivity contribution in [3.05, 3.63) is 38.0 Å². The molecule has 0 saturated heterocycles. The maximum absolute atomic E-state index is 9.51. The first-order chi connectivity index (χ1) is 9.66. The number of aliphatic hydroxyl groups is 1. The summed E-state index contributed by atoms with van der Waals surface area (Å²) in [5, 5.41) is 9.51. The highest BCUT2D eigenvalue weighted by atomic mass is 16.5. The van der Waals surface area contributed by atoms with Crippen LogP contribution in [0.15, 0.2) is 38.0 Å². The topological polar surface area (TPSA) is 47.9 Å². The van der Waals surface area contributed by atoms with Gasteiger partial charge < -0.3 is 19.3 Å². The summed E-state index contributed by atoms with van der Waals surface area (Å²) in [6, 6.07) is 0. The fraction of sp³-hybridized carbons (Fsp3) is 0.625. The maximum atomic E-state index is 9.51. The second-order valence-electron chi connectivity index (χ2n) is 4.86. The summed E-state index contributed by atoms with van der Waals surface area (Å²) in [4.78, 5) is 0. The summed E-state index contributed by atoms with van der Waals surface area (Å²) < 4.78 is 16.8. The highest BCUT2D eigenvalue weighted by Gasteiger charge is 2.37. The molecule has 1 unspecified atom stereocenters. The molecule has 0 aliphatic carbocycles. The third-order valence-corrected chi connectivity index (χ3v) is 3.19. The van der Waals surface area contributed by atoms with Gasteiger partial charge in [-0.3, -0.25) is 0 Å². The molecule has 0 aromatic heterocycles. The first-order valence-corrected chi connectivity index (χ1v) is 6.83. The average Bonchev–Trinajstić information content (AvgIpc) is 2.46. The molecule has 0 aliphatic heterocycles. The first-order valence-electron chi connectivity index (χ1n) is 6.83. The van der Waals surface area contributed by atoms with E-state index in [4.69, 9.17) is 14.2 Å². The minimum absolute atomic E-state index is 0.0121. The molecule has 0 fully saturated rings. The second-order valence-corrected chi connectivity index (χ2v) is 4.86. The molecule has 20 heavy (non-hydrogen) atoms. The Bertz CT molecular complexity index is 240. The van der Waals surface area contributed by atoms with Gasteiger partial charge in [0, 0.05) is 12.0 Å². The average molecular weight is 284 g/mol. The number of rotatable bonds is 14. The second kappa shape index (κ2) is 11.9. The molecule has 0 radical (unpaired) electrons. The molecule has 0 aliphatic rings. The van der Waals surface area contributed by atoms with E-state index in [9.17, 15) is 5.11 Å². The molecule has 0 rings (SSSR count). The molecular formula is C16H28O4. The van der Waals surface area contributed by atoms with Crippen molar-refractivity contribution >= 4 is 0 Å². The number of ether oxygens (including phenoxy) is 3. The van der Waals surface area contributed by atoms with Gasteiger partial charge in [-0.15, -0.1) is 19.7 Å². The molecular weight excluding hydrogens is 256 g/mol. The lowest BCUT2D eigenvalue weighted by Crippen LogP contribution is -2.44. The summed E-state index contributed by atoms with van der Waals surface area (Å²) in [6.07, 6.45) is 5.09. The molecule has 4 heteroatoms. The van der Waals surface area contributed by atoms with E-state index >= 15 is 0 Å². The normalized spacial score (nSPS) is 12.9. The monoisotopic (exact) mass is 284 g/mol. The SMILES string of the molecule is C=CCOCC(COCC=C)(COCC=C)C(C)CO. The zero-order chi connectivity index (χ0) is 15.3. The Balaban J connectivity index is 4.78. The standard InChI is InChI=1S/C16H28O4/c1-5-8-18-12-16(15(4)11-17,13-19-9-6-2)14-20-10-7-3/h5-7,15,17H,1-3,8-14H2,4H3. The van der Waals surface area contributed by atoms with Crippen molar-refractivity contribution in [2.24, 2.45) is 11.3 Å². The van der Waals surface area contributed by atoms with E-state index in [1.807, 2.05) is 6.92 Å². The van der Waals surface area contributed by atoms with Crippen LogP contribution >= 0.6 is 0 Å². The summed E-state index contributed by atoms with van der Waals surface area (Å²) in [7, 11) is 0. The minimum atomic E-state index is -0.399. The highest BCUT2D eigenvalue weighted by molar-refractivity contribution is 4.86. The summed E-state index contributed by atoms with van der Waals surface area (Å²) in [5.74, 6) is -0.0121. The van der Waals surface area contributed by atoms with Crippen LogP contribution in [0.5, 0.6) is 0 Å². The first kappa shape index (κ1) is 19.1. The van der Waals surface area contributed by atoms with Crippen LogP contribution in [0, 0.1) is 11.3 Å². The van der Waals surface area contributed by atoms with Crippen molar-refractivity contribution in [3.63, 3.8) is 0 Å². The molecule has 0 aromatic rings. The number of hydrogen-bond acceptors (Lipinski definition) is 4. The summed E-state index contributed by atoms with van der Waals surface area (Å²) >= 11 is 0. The van der Waals surface area contributed by atoms with Gasteiger partial charge in [0.2, 0.25) is 0 Å². The van der Waals surface area contributed by atoms with Crippen LogP contribution in [-0.4, -0.2) is 51.4 Å². The van der Waals surface area contributed by atoms with E-state index in [0.29, 0.717) is 39.6 Å². The van der Waals surface area contributed by atoms with Crippen LogP contribution in [0.2, 0.25) is 0 Å². The fourth-order valence-corrected chi connectivity index (χ4v) is 1.78. The minimum Gasteiger partial charge on any atom is -0.396 e. The van der Waals surface area contributed by atoms with Crippen molar-refractivity contribution in [2.75, 3.05) is 46.2 Å². The molecule has 0 bridgehead atoms. The van der Waals surface area contributed by atoms with Crippen LogP contribution in [0.4, 0.5) is 0 Å². The Labute approximate surface area is 122 Å². The molecule has 1 atom stereocenters. The maximum Gasteiger partial charge on any atom is 0.0645 e. The summed E-state index contributed by atoms with van der Waals surface area (Å²) in [5.41, 5.74) is -0.399.